The number of alkyl halides is 2. The van der Waals surface area contributed by atoms with Crippen LogP contribution in [0, 0.1) is 11.2 Å². The van der Waals surface area contributed by atoms with Gasteiger partial charge in [-0.1, -0.05) is 13.8 Å². The van der Waals surface area contributed by atoms with Crippen LogP contribution in [0.1, 0.15) is 55.6 Å². The number of rotatable bonds is 4. The molecule has 2 N–H and O–H groups in total. The Morgan fingerprint density at radius 1 is 1.24 bits per heavy atom. The van der Waals surface area contributed by atoms with Crippen molar-refractivity contribution in [2.75, 3.05) is 17.7 Å². The molecule has 3 aliphatic rings. The van der Waals surface area contributed by atoms with Crippen molar-refractivity contribution in [1.29, 1.82) is 0 Å². The van der Waals surface area contributed by atoms with Crippen LogP contribution in [0.4, 0.5) is 19.1 Å². The Morgan fingerprint density at radius 2 is 1.94 bits per heavy atom. The van der Waals surface area contributed by atoms with Crippen LogP contribution < -0.4 is 9.62 Å². The topological polar surface area (TPSA) is 95.4 Å². The number of aliphatic hydroxyl groups is 1. The lowest BCUT2D eigenvalue weighted by atomic mass is 9.86. The molecule has 1 aromatic carbocycles. The summed E-state index contributed by atoms with van der Waals surface area (Å²) in [6, 6.07) is 1.91. The van der Waals surface area contributed by atoms with Gasteiger partial charge in [0.25, 0.3) is 5.92 Å². The molecule has 1 aliphatic heterocycles. The van der Waals surface area contributed by atoms with Crippen molar-refractivity contribution in [2.24, 2.45) is 5.41 Å². The lowest BCUT2D eigenvalue weighted by molar-refractivity contribution is -0.00603. The number of nitrogens with one attached hydrogen (secondary N) is 1. The summed E-state index contributed by atoms with van der Waals surface area (Å²) in [5.41, 5.74) is 0.870. The van der Waals surface area contributed by atoms with Gasteiger partial charge in [-0.2, -0.15) is 8.78 Å². The highest BCUT2D eigenvalue weighted by Crippen LogP contribution is 2.49. The third-order valence-electron chi connectivity index (χ3n) is 7.26. The summed E-state index contributed by atoms with van der Waals surface area (Å²) >= 11 is 0. The van der Waals surface area contributed by atoms with Crippen LogP contribution >= 0.6 is 0 Å². The van der Waals surface area contributed by atoms with Gasteiger partial charge in [0, 0.05) is 29.7 Å². The zero-order chi connectivity index (χ0) is 24.8. The van der Waals surface area contributed by atoms with Crippen molar-refractivity contribution >= 4 is 16.0 Å². The average molecular weight is 497 g/mol. The second kappa shape index (κ2) is 7.38. The van der Waals surface area contributed by atoms with Gasteiger partial charge in [-0.05, 0) is 42.9 Å². The summed E-state index contributed by atoms with van der Waals surface area (Å²) < 4.78 is 71.2. The second-order valence-corrected chi connectivity index (χ2v) is 12.2. The first-order valence-electron chi connectivity index (χ1n) is 11.2. The summed E-state index contributed by atoms with van der Waals surface area (Å²) in [6.07, 6.45) is 0.518. The SMILES string of the molecule is C[C@H]1[C@H](O)CN1c1nc(-c2cc(F)c3c(c2)CC(C)(C)C3NS(C)(=O)=O)c2c(n1)C(F)(F)CC2. The fourth-order valence-corrected chi connectivity index (χ4v) is 6.20. The molecule has 184 valence electrons. The number of aromatic nitrogens is 2. The number of sulfonamides is 1. The monoisotopic (exact) mass is 496 g/mol. The highest BCUT2D eigenvalue weighted by molar-refractivity contribution is 7.88. The maximum Gasteiger partial charge on any atom is 0.290 e. The van der Waals surface area contributed by atoms with E-state index in [9.17, 15) is 22.3 Å². The maximum atomic E-state index is 15.5. The molecule has 5 rings (SSSR count). The van der Waals surface area contributed by atoms with Crippen molar-refractivity contribution < 1.29 is 26.7 Å². The van der Waals surface area contributed by atoms with E-state index in [0.717, 1.165) is 6.26 Å². The molecule has 2 aromatic rings. The van der Waals surface area contributed by atoms with Crippen molar-refractivity contribution in [3.05, 3.63) is 40.3 Å². The van der Waals surface area contributed by atoms with Crippen LogP contribution in [-0.2, 0) is 28.8 Å². The molecule has 2 aliphatic carbocycles. The maximum absolute atomic E-state index is 15.5. The average Bonchev–Trinajstić information content (AvgIpc) is 3.16. The van der Waals surface area contributed by atoms with E-state index in [1.165, 1.54) is 6.07 Å². The van der Waals surface area contributed by atoms with E-state index in [1.807, 2.05) is 13.8 Å². The Hall–Kier alpha value is -2.24. The zero-order valence-corrected chi connectivity index (χ0v) is 20.2. The number of fused-ring (bicyclic) bond motifs is 2. The van der Waals surface area contributed by atoms with Crippen LogP contribution in [0.25, 0.3) is 11.3 Å². The largest absolute Gasteiger partial charge is 0.389 e. The molecule has 0 radical (unpaired) electrons. The summed E-state index contributed by atoms with van der Waals surface area (Å²) in [4.78, 5) is 10.4. The van der Waals surface area contributed by atoms with Gasteiger partial charge in [0.2, 0.25) is 16.0 Å². The molecule has 34 heavy (non-hydrogen) atoms. The van der Waals surface area contributed by atoms with Crippen LogP contribution in [0.2, 0.25) is 0 Å². The fraction of sp³-hybridized carbons (Fsp3) is 0.565. The van der Waals surface area contributed by atoms with Crippen molar-refractivity contribution in [3.63, 3.8) is 0 Å². The Labute approximate surface area is 196 Å². The molecule has 1 fully saturated rings. The molecule has 1 unspecified atom stereocenters. The van der Waals surface area contributed by atoms with Gasteiger partial charge >= 0.3 is 0 Å². The third-order valence-corrected chi connectivity index (χ3v) is 7.92. The molecule has 3 atom stereocenters. The van der Waals surface area contributed by atoms with Gasteiger partial charge in [0.1, 0.15) is 11.5 Å². The van der Waals surface area contributed by atoms with Gasteiger partial charge < -0.3 is 10.0 Å². The highest BCUT2D eigenvalue weighted by Gasteiger charge is 2.46. The molecule has 0 amide bonds. The quantitative estimate of drug-likeness (QED) is 0.676. The third kappa shape index (κ3) is 3.68. The van der Waals surface area contributed by atoms with E-state index in [2.05, 4.69) is 14.7 Å². The van der Waals surface area contributed by atoms with E-state index < -0.39 is 45.7 Å². The van der Waals surface area contributed by atoms with E-state index in [4.69, 9.17) is 0 Å². The number of β-amino-alcohol motifs (C(OH)–C–C–N with tert-alkyl or cyclic N) is 1. The van der Waals surface area contributed by atoms with Crippen molar-refractivity contribution in [1.82, 2.24) is 14.7 Å². The van der Waals surface area contributed by atoms with E-state index in [0.29, 0.717) is 23.1 Å². The van der Waals surface area contributed by atoms with Crippen LogP contribution in [0.15, 0.2) is 12.1 Å². The first-order valence-corrected chi connectivity index (χ1v) is 13.1. The van der Waals surface area contributed by atoms with Gasteiger partial charge in [0.15, 0.2) is 0 Å². The van der Waals surface area contributed by atoms with Gasteiger partial charge in [-0.3, -0.25) is 0 Å². The van der Waals surface area contributed by atoms with Crippen LogP contribution in [0.3, 0.4) is 0 Å². The minimum Gasteiger partial charge on any atom is -0.389 e. The lowest BCUT2D eigenvalue weighted by Crippen LogP contribution is -2.59. The number of hydrogen-bond donors (Lipinski definition) is 2. The Bertz CT molecular complexity index is 1300. The van der Waals surface area contributed by atoms with Gasteiger partial charge in [0.05, 0.1) is 30.1 Å². The van der Waals surface area contributed by atoms with E-state index in [1.54, 1.807) is 17.9 Å². The number of anilines is 1. The molecule has 1 aromatic heterocycles. The molecular weight excluding hydrogens is 469 g/mol. The molecule has 0 spiro atoms. The summed E-state index contributed by atoms with van der Waals surface area (Å²) in [6.45, 7) is 5.70. The molecule has 0 bridgehead atoms. The Kier molecular flexibility index (Phi) is 5.10. The number of nitrogens with zero attached hydrogens (tertiary/aromatic N) is 3. The molecule has 0 saturated carbocycles. The molecule has 7 nitrogen and oxygen atoms in total. The minimum absolute atomic E-state index is 0.0680. The van der Waals surface area contributed by atoms with Crippen LogP contribution in [-0.4, -0.2) is 48.4 Å². The minimum atomic E-state index is -3.59. The van der Waals surface area contributed by atoms with Gasteiger partial charge in [-0.15, -0.1) is 0 Å². The van der Waals surface area contributed by atoms with E-state index >= 15 is 4.39 Å². The first-order chi connectivity index (χ1) is 15.7. The number of benzene rings is 1. The lowest BCUT2D eigenvalue weighted by Gasteiger charge is -2.43. The van der Waals surface area contributed by atoms with Crippen molar-refractivity contribution in [2.45, 2.75) is 64.1 Å². The molecule has 2 heterocycles. The predicted molar refractivity (Wildman–Crippen MR) is 121 cm³/mol. The van der Waals surface area contributed by atoms with Crippen LogP contribution in [0.5, 0.6) is 0 Å². The smallest absolute Gasteiger partial charge is 0.290 e. The normalized spacial score (nSPS) is 26.8. The molecule has 11 heteroatoms. The van der Waals surface area contributed by atoms with Gasteiger partial charge in [-0.25, -0.2) is 27.5 Å². The van der Waals surface area contributed by atoms with E-state index in [-0.39, 0.29) is 41.9 Å². The zero-order valence-electron chi connectivity index (χ0n) is 19.4. The standard InChI is InChI=1S/C23H27F3N4O3S/c1-11-16(31)10-30(11)21-27-18(14-5-6-23(25,26)19(14)28-21)12-7-13-9-22(2,3)20(29-34(4,32)33)17(13)15(24)8-12/h7-8,11,16,20,29,31H,5-6,9-10H2,1-4H3/t11-,16+,20?/m0/s1. The number of aliphatic hydroxyl groups excluding tert-OH is 1. The number of hydrogen-bond acceptors (Lipinski definition) is 6. The Morgan fingerprint density at radius 3 is 2.56 bits per heavy atom. The fourth-order valence-electron chi connectivity index (χ4n) is 5.33. The second-order valence-electron chi connectivity index (χ2n) is 10.4. The van der Waals surface area contributed by atoms with Crippen molar-refractivity contribution in [3.8, 4) is 11.3 Å². The molecule has 1 saturated heterocycles. The highest BCUT2D eigenvalue weighted by atomic mass is 32.2. The first kappa shape index (κ1) is 23.5. The summed E-state index contributed by atoms with van der Waals surface area (Å²) in [5, 5.41) is 9.88. The summed E-state index contributed by atoms with van der Waals surface area (Å²) in [5.74, 6) is -3.63. The molecular formula is C23H27F3N4O3S. The predicted octanol–water partition coefficient (Wildman–Crippen LogP) is 3.06. The summed E-state index contributed by atoms with van der Waals surface area (Å²) in [7, 11) is -3.59. The number of halogens is 3. The Balaban J connectivity index is 1.65.